The summed E-state index contributed by atoms with van der Waals surface area (Å²) in [5, 5.41) is 0. The lowest BCUT2D eigenvalue weighted by molar-refractivity contribution is 0.0415. The molecule has 0 bridgehead atoms. The molecule has 6 nitrogen and oxygen atoms in total. The minimum atomic E-state index is -3.96. The van der Waals surface area contributed by atoms with E-state index >= 15 is 0 Å². The quantitative estimate of drug-likeness (QED) is 0.464. The van der Waals surface area contributed by atoms with E-state index in [0.717, 1.165) is 4.47 Å². The van der Waals surface area contributed by atoms with Crippen molar-refractivity contribution in [2.75, 3.05) is 13.7 Å². The number of ether oxygens (including phenoxy) is 1. The van der Waals surface area contributed by atoms with Crippen molar-refractivity contribution in [1.29, 1.82) is 0 Å². The fourth-order valence-corrected chi connectivity index (χ4v) is 5.11. The van der Waals surface area contributed by atoms with E-state index < -0.39 is 16.0 Å². The summed E-state index contributed by atoms with van der Waals surface area (Å²) in [7, 11) is -2.69. The summed E-state index contributed by atoms with van der Waals surface area (Å²) >= 11 is 0. The largest absolute Gasteiger partial charge is 0.465 e. The molecule has 1 saturated carbocycles. The average molecular weight is 432 g/mol. The number of esters is 1. The SMILES string of the molecule is CCN(Oc1ccc(C2CCCCC2)cc1)S(=O)(=O)c1ccc(C)c(C(=O)OC)c1. The minimum absolute atomic E-state index is 0.0193. The fourth-order valence-electron chi connectivity index (χ4n) is 3.85. The number of hydroxylamine groups is 1. The van der Waals surface area contributed by atoms with Gasteiger partial charge < -0.3 is 9.57 Å². The van der Waals surface area contributed by atoms with Crippen molar-refractivity contribution in [2.24, 2.45) is 0 Å². The van der Waals surface area contributed by atoms with Gasteiger partial charge in [0.05, 0.1) is 17.6 Å². The average Bonchev–Trinajstić information content (AvgIpc) is 2.78. The zero-order valence-electron chi connectivity index (χ0n) is 17.8. The van der Waals surface area contributed by atoms with Crippen molar-refractivity contribution in [3.63, 3.8) is 0 Å². The van der Waals surface area contributed by atoms with Crippen molar-refractivity contribution < 1.29 is 22.8 Å². The Labute approximate surface area is 178 Å². The lowest BCUT2D eigenvalue weighted by Crippen LogP contribution is -2.34. The highest BCUT2D eigenvalue weighted by Crippen LogP contribution is 2.33. The number of carbonyl (C=O) groups is 1. The monoisotopic (exact) mass is 431 g/mol. The summed E-state index contributed by atoms with van der Waals surface area (Å²) in [6.45, 7) is 3.54. The van der Waals surface area contributed by atoms with Crippen molar-refractivity contribution in [2.45, 2.75) is 56.8 Å². The zero-order valence-corrected chi connectivity index (χ0v) is 18.6. The first-order valence-electron chi connectivity index (χ1n) is 10.4. The topological polar surface area (TPSA) is 72.9 Å². The molecule has 0 radical (unpaired) electrons. The molecule has 0 spiro atoms. The molecule has 3 rings (SSSR count). The molecule has 0 N–H and O–H groups in total. The number of aryl methyl sites for hydroxylation is 1. The van der Waals surface area contributed by atoms with E-state index in [0.29, 0.717) is 17.2 Å². The van der Waals surface area contributed by atoms with E-state index in [4.69, 9.17) is 9.57 Å². The van der Waals surface area contributed by atoms with Crippen LogP contribution in [0.4, 0.5) is 0 Å². The Bertz CT molecular complexity index is 979. The van der Waals surface area contributed by atoms with Gasteiger partial charge in [0.15, 0.2) is 0 Å². The third kappa shape index (κ3) is 4.84. The summed E-state index contributed by atoms with van der Waals surface area (Å²) in [4.78, 5) is 17.6. The normalized spacial score (nSPS) is 15.2. The van der Waals surface area contributed by atoms with Gasteiger partial charge in [0.2, 0.25) is 0 Å². The van der Waals surface area contributed by atoms with Crippen LogP contribution in [-0.4, -0.2) is 32.5 Å². The van der Waals surface area contributed by atoms with Gasteiger partial charge in [-0.1, -0.05) is 37.5 Å². The number of benzene rings is 2. The molecule has 0 unspecified atom stereocenters. The van der Waals surface area contributed by atoms with Crippen LogP contribution >= 0.6 is 0 Å². The van der Waals surface area contributed by atoms with Gasteiger partial charge in [-0.3, -0.25) is 0 Å². The molecular formula is C23H29NO5S. The lowest BCUT2D eigenvalue weighted by Gasteiger charge is -2.23. The molecule has 2 aromatic rings. The Morgan fingerprint density at radius 2 is 1.73 bits per heavy atom. The summed E-state index contributed by atoms with van der Waals surface area (Å²) in [6.07, 6.45) is 6.22. The van der Waals surface area contributed by atoms with Crippen LogP contribution in [0.5, 0.6) is 5.75 Å². The number of nitrogens with zero attached hydrogens (tertiary/aromatic N) is 1. The van der Waals surface area contributed by atoms with Crippen molar-refractivity contribution >= 4 is 16.0 Å². The standard InChI is InChI=1S/C23H29NO5S/c1-4-24(29-20-13-11-19(12-14-20)18-8-6-5-7-9-18)30(26,27)21-15-10-17(2)22(16-21)23(25)28-3/h10-16,18H,4-9H2,1-3H3. The van der Waals surface area contributed by atoms with Crippen LogP contribution in [0.1, 0.15) is 66.4 Å². The maximum atomic E-state index is 13.1. The van der Waals surface area contributed by atoms with Crippen LogP contribution in [0.25, 0.3) is 0 Å². The molecule has 2 aromatic carbocycles. The third-order valence-corrected chi connectivity index (χ3v) is 7.32. The van der Waals surface area contributed by atoms with E-state index in [1.807, 2.05) is 24.3 Å². The molecule has 0 atom stereocenters. The second kappa shape index (κ2) is 9.62. The van der Waals surface area contributed by atoms with E-state index in [-0.39, 0.29) is 17.0 Å². The number of carbonyl (C=O) groups excluding carboxylic acids is 1. The number of methoxy groups -OCH3 is 1. The van der Waals surface area contributed by atoms with Gasteiger partial charge >= 0.3 is 5.97 Å². The predicted octanol–water partition coefficient (Wildman–Crippen LogP) is 4.83. The summed E-state index contributed by atoms with van der Waals surface area (Å²) in [6, 6.07) is 12.1. The van der Waals surface area contributed by atoms with Gasteiger partial charge in [0, 0.05) is 6.54 Å². The fraction of sp³-hybridized carbons (Fsp3) is 0.435. The van der Waals surface area contributed by atoms with Crippen LogP contribution in [0.2, 0.25) is 0 Å². The Hall–Kier alpha value is -2.38. The Kier molecular flexibility index (Phi) is 7.15. The Morgan fingerprint density at radius 1 is 1.07 bits per heavy atom. The lowest BCUT2D eigenvalue weighted by atomic mass is 9.84. The van der Waals surface area contributed by atoms with E-state index in [2.05, 4.69) is 0 Å². The first kappa shape index (κ1) is 22.3. The van der Waals surface area contributed by atoms with Crippen molar-refractivity contribution in [3.05, 3.63) is 59.2 Å². The van der Waals surface area contributed by atoms with Gasteiger partial charge in [-0.25, -0.2) is 13.2 Å². The molecular weight excluding hydrogens is 402 g/mol. The molecule has 7 heteroatoms. The van der Waals surface area contributed by atoms with Crippen LogP contribution in [-0.2, 0) is 14.8 Å². The highest BCUT2D eigenvalue weighted by atomic mass is 32.2. The predicted molar refractivity (Wildman–Crippen MR) is 115 cm³/mol. The van der Waals surface area contributed by atoms with Crippen LogP contribution in [0.15, 0.2) is 47.4 Å². The van der Waals surface area contributed by atoms with Crippen molar-refractivity contribution in [3.8, 4) is 5.75 Å². The van der Waals surface area contributed by atoms with E-state index in [9.17, 15) is 13.2 Å². The number of hydrogen-bond donors (Lipinski definition) is 0. The number of sulfonamides is 1. The number of rotatable bonds is 7. The highest BCUT2D eigenvalue weighted by molar-refractivity contribution is 7.89. The molecule has 0 saturated heterocycles. The maximum absolute atomic E-state index is 13.1. The molecule has 1 fully saturated rings. The maximum Gasteiger partial charge on any atom is 0.338 e. The second-order valence-corrected chi connectivity index (χ2v) is 9.42. The smallest absolute Gasteiger partial charge is 0.338 e. The third-order valence-electron chi connectivity index (χ3n) is 5.60. The van der Waals surface area contributed by atoms with Gasteiger partial charge in [-0.15, -0.1) is 0 Å². The van der Waals surface area contributed by atoms with Gasteiger partial charge in [0.25, 0.3) is 10.0 Å². The molecule has 1 aliphatic carbocycles. The van der Waals surface area contributed by atoms with E-state index in [1.165, 1.54) is 56.9 Å². The molecule has 0 amide bonds. The van der Waals surface area contributed by atoms with E-state index in [1.54, 1.807) is 19.9 Å². The zero-order chi connectivity index (χ0) is 21.7. The van der Waals surface area contributed by atoms with Crippen LogP contribution in [0, 0.1) is 6.92 Å². The Morgan fingerprint density at radius 3 is 2.33 bits per heavy atom. The second-order valence-electron chi connectivity index (χ2n) is 7.59. The Balaban J connectivity index is 1.80. The van der Waals surface area contributed by atoms with Gasteiger partial charge in [-0.05, 0) is 72.5 Å². The minimum Gasteiger partial charge on any atom is -0.465 e. The highest BCUT2D eigenvalue weighted by Gasteiger charge is 2.27. The molecule has 0 heterocycles. The first-order valence-corrected chi connectivity index (χ1v) is 11.8. The van der Waals surface area contributed by atoms with Gasteiger partial charge in [-0.2, -0.15) is 0 Å². The molecule has 1 aliphatic rings. The van der Waals surface area contributed by atoms with Crippen LogP contribution < -0.4 is 4.84 Å². The summed E-state index contributed by atoms with van der Waals surface area (Å²) in [5.74, 6) is 0.454. The molecule has 0 aromatic heterocycles. The molecule has 0 aliphatic heterocycles. The van der Waals surface area contributed by atoms with Crippen molar-refractivity contribution in [1.82, 2.24) is 4.47 Å². The summed E-state index contributed by atoms with van der Waals surface area (Å²) in [5.41, 5.74) is 2.13. The molecule has 162 valence electrons. The summed E-state index contributed by atoms with van der Waals surface area (Å²) < 4.78 is 31.9. The molecule has 30 heavy (non-hydrogen) atoms. The van der Waals surface area contributed by atoms with Gasteiger partial charge in [0.1, 0.15) is 5.75 Å². The number of hydrogen-bond acceptors (Lipinski definition) is 5. The first-order chi connectivity index (χ1) is 14.4. The van der Waals surface area contributed by atoms with Crippen LogP contribution in [0.3, 0.4) is 0 Å².